The predicted octanol–water partition coefficient (Wildman–Crippen LogP) is 4.44. The van der Waals surface area contributed by atoms with Crippen LogP contribution in [-0.4, -0.2) is 94.6 Å². The zero-order valence-electron chi connectivity index (χ0n) is 27.1. The van der Waals surface area contributed by atoms with Crippen molar-refractivity contribution >= 4 is 35.1 Å². The highest BCUT2D eigenvalue weighted by Crippen LogP contribution is 2.38. The fraction of sp³-hybridized carbons (Fsp3) is 0.306. The number of rotatable bonds is 9. The molecule has 2 saturated heterocycles. The van der Waals surface area contributed by atoms with Gasteiger partial charge in [-0.2, -0.15) is 10.4 Å². The number of aromatic hydroxyl groups is 1. The Kier molecular flexibility index (Phi) is 10.9. The molecule has 3 heterocycles. The number of benzene rings is 3. The number of carbonyl (C=O) groups excluding carboxylic acids is 3. The number of amides is 4. The summed E-state index contributed by atoms with van der Waals surface area (Å²) in [6.45, 7) is 2.43. The number of ether oxygens (including phenoxy) is 2. The van der Waals surface area contributed by atoms with Gasteiger partial charge in [0.2, 0.25) is 5.91 Å². The van der Waals surface area contributed by atoms with Crippen molar-refractivity contribution in [3.05, 3.63) is 89.6 Å². The zero-order chi connectivity index (χ0) is 35.0. The van der Waals surface area contributed by atoms with Crippen LogP contribution in [0.4, 0.5) is 10.5 Å². The van der Waals surface area contributed by atoms with Crippen LogP contribution in [0, 0.1) is 11.3 Å². The van der Waals surface area contributed by atoms with Gasteiger partial charge in [0.05, 0.1) is 45.5 Å². The number of phenols is 1. The summed E-state index contributed by atoms with van der Waals surface area (Å²) in [5.41, 5.74) is 3.46. The maximum absolute atomic E-state index is 14.1. The molecule has 3 N–H and O–H groups in total. The number of halogens is 1. The first-order valence-corrected chi connectivity index (χ1v) is 16.6. The second kappa shape index (κ2) is 15.9. The predicted molar refractivity (Wildman–Crippen MR) is 185 cm³/mol. The van der Waals surface area contributed by atoms with Crippen molar-refractivity contribution in [2.24, 2.45) is 0 Å². The van der Waals surface area contributed by atoms with Gasteiger partial charge in [0, 0.05) is 47.7 Å². The Morgan fingerprint density at radius 1 is 0.980 bits per heavy atom. The van der Waals surface area contributed by atoms with Crippen LogP contribution < -0.4 is 10.6 Å². The molecule has 0 unspecified atom stereocenters. The third kappa shape index (κ3) is 7.89. The van der Waals surface area contributed by atoms with Crippen LogP contribution in [0.25, 0.3) is 22.4 Å². The summed E-state index contributed by atoms with van der Waals surface area (Å²) in [6.07, 6.45) is 2.05. The monoisotopic (exact) mass is 697 g/mol. The molecule has 6 rings (SSSR count). The van der Waals surface area contributed by atoms with Gasteiger partial charge in [-0.15, -0.1) is 0 Å². The summed E-state index contributed by atoms with van der Waals surface area (Å²) in [5.74, 6) is -0.846. The van der Waals surface area contributed by atoms with Gasteiger partial charge in [0.15, 0.2) is 0 Å². The summed E-state index contributed by atoms with van der Waals surface area (Å²) in [6, 6.07) is 20.5. The highest BCUT2D eigenvalue weighted by atomic mass is 35.5. The number of nitrogens with zero attached hydrogens (tertiary/aromatic N) is 5. The van der Waals surface area contributed by atoms with Crippen molar-refractivity contribution in [1.82, 2.24) is 24.9 Å². The molecule has 0 radical (unpaired) electrons. The standard InChI is InChI=1S/C36H36ClN7O6/c37-26-9-12-31(45)28(21-26)33-29(22-43(41-33)14-4-13-38)24-7-10-27(11-8-24)39-34(46)30-23-50-20-17-44(30)35(47)32(25-5-2-1-3-6-25)40-36(48)42-15-18-49-19-16-42/h1-3,5-12,21-22,30,32,45H,4,14-20,23H2,(H,39,46)(H,40,48)/t30-,32+/m0/s1. The Morgan fingerprint density at radius 2 is 1.72 bits per heavy atom. The molecule has 2 fully saturated rings. The van der Waals surface area contributed by atoms with E-state index >= 15 is 0 Å². The molecule has 13 nitrogen and oxygen atoms in total. The lowest BCUT2D eigenvalue weighted by molar-refractivity contribution is -0.148. The molecular weight excluding hydrogens is 662 g/mol. The average Bonchev–Trinajstić information content (AvgIpc) is 3.58. The quantitative estimate of drug-likeness (QED) is 0.231. The van der Waals surface area contributed by atoms with Gasteiger partial charge in [-0.3, -0.25) is 14.3 Å². The topological polar surface area (TPSA) is 162 Å². The van der Waals surface area contributed by atoms with E-state index < -0.39 is 23.9 Å². The molecule has 4 amide bonds. The summed E-state index contributed by atoms with van der Waals surface area (Å²) >= 11 is 6.23. The third-order valence-corrected chi connectivity index (χ3v) is 8.79. The van der Waals surface area contributed by atoms with Crippen LogP contribution in [0.3, 0.4) is 0 Å². The molecule has 0 bridgehead atoms. The minimum Gasteiger partial charge on any atom is -0.507 e. The maximum Gasteiger partial charge on any atom is 0.318 e. The van der Waals surface area contributed by atoms with E-state index in [9.17, 15) is 19.5 Å². The SMILES string of the molecule is N#CCCn1cc(-c2ccc(NC(=O)[C@@H]3COCCN3C(=O)[C@H](NC(=O)N3CCOCC3)c3ccccc3)cc2)c(-c2cc(Cl)ccc2O)n1. The number of anilines is 1. The van der Waals surface area contributed by atoms with E-state index in [2.05, 4.69) is 21.8 Å². The van der Waals surface area contributed by atoms with E-state index in [1.54, 1.807) is 76.4 Å². The Labute approximate surface area is 293 Å². The van der Waals surface area contributed by atoms with Crippen LogP contribution in [0.15, 0.2) is 79.0 Å². The number of morpholine rings is 2. The van der Waals surface area contributed by atoms with E-state index in [4.69, 9.17) is 26.3 Å². The Bertz CT molecular complexity index is 1870. The van der Waals surface area contributed by atoms with Crippen molar-refractivity contribution in [3.63, 3.8) is 0 Å². The van der Waals surface area contributed by atoms with Crippen molar-refractivity contribution in [1.29, 1.82) is 5.26 Å². The van der Waals surface area contributed by atoms with E-state index in [1.807, 2.05) is 6.07 Å². The maximum atomic E-state index is 14.1. The summed E-state index contributed by atoms with van der Waals surface area (Å²) in [4.78, 5) is 44.1. The summed E-state index contributed by atoms with van der Waals surface area (Å²) in [7, 11) is 0. The van der Waals surface area contributed by atoms with E-state index in [-0.39, 0.29) is 38.0 Å². The van der Waals surface area contributed by atoms with E-state index in [0.29, 0.717) is 65.9 Å². The number of nitriles is 1. The number of hydrogen-bond donors (Lipinski definition) is 3. The highest BCUT2D eigenvalue weighted by molar-refractivity contribution is 6.31. The van der Waals surface area contributed by atoms with Crippen LogP contribution in [0.5, 0.6) is 5.75 Å². The molecule has 2 aliphatic heterocycles. The normalized spacial score (nSPS) is 16.7. The lowest BCUT2D eigenvalue weighted by Gasteiger charge is -2.37. The van der Waals surface area contributed by atoms with Crippen molar-refractivity contribution in [3.8, 4) is 34.2 Å². The molecule has 2 atom stereocenters. The van der Waals surface area contributed by atoms with Gasteiger partial charge in [-0.05, 0) is 41.5 Å². The lowest BCUT2D eigenvalue weighted by Crippen LogP contribution is -2.58. The molecule has 3 aromatic carbocycles. The van der Waals surface area contributed by atoms with Crippen LogP contribution in [0.1, 0.15) is 18.0 Å². The molecule has 0 saturated carbocycles. The fourth-order valence-electron chi connectivity index (χ4n) is 5.93. The Hall–Kier alpha value is -5.42. The number of nitrogens with one attached hydrogen (secondary N) is 2. The molecule has 4 aromatic rings. The minimum atomic E-state index is -1.01. The zero-order valence-corrected chi connectivity index (χ0v) is 27.9. The van der Waals surface area contributed by atoms with Crippen LogP contribution in [-0.2, 0) is 25.6 Å². The van der Waals surface area contributed by atoms with Crippen LogP contribution in [0.2, 0.25) is 5.02 Å². The number of phenolic OH excluding ortho intramolecular Hbond substituents is 1. The number of urea groups is 1. The summed E-state index contributed by atoms with van der Waals surface area (Å²) < 4.78 is 12.6. The number of hydrogen-bond acceptors (Lipinski definition) is 8. The van der Waals surface area contributed by atoms with Gasteiger partial charge in [0.1, 0.15) is 23.5 Å². The van der Waals surface area contributed by atoms with Gasteiger partial charge in [-0.25, -0.2) is 4.79 Å². The smallest absolute Gasteiger partial charge is 0.318 e. The fourth-order valence-corrected chi connectivity index (χ4v) is 6.10. The number of carbonyl (C=O) groups is 3. The molecule has 1 aromatic heterocycles. The van der Waals surface area contributed by atoms with E-state index in [1.165, 1.54) is 11.0 Å². The molecule has 2 aliphatic rings. The second-order valence-electron chi connectivity index (χ2n) is 11.8. The third-order valence-electron chi connectivity index (χ3n) is 8.55. The molecule has 258 valence electrons. The number of aryl methyl sites for hydroxylation is 1. The van der Waals surface area contributed by atoms with Crippen LogP contribution >= 0.6 is 11.6 Å². The van der Waals surface area contributed by atoms with Crippen molar-refractivity contribution in [2.45, 2.75) is 25.0 Å². The summed E-state index contributed by atoms with van der Waals surface area (Å²) in [5, 5.41) is 30.5. The Balaban J connectivity index is 1.20. The second-order valence-corrected chi connectivity index (χ2v) is 12.2. The molecule has 14 heteroatoms. The van der Waals surface area contributed by atoms with Gasteiger partial charge < -0.3 is 35.0 Å². The van der Waals surface area contributed by atoms with Gasteiger partial charge in [-0.1, -0.05) is 54.1 Å². The molecule has 50 heavy (non-hydrogen) atoms. The molecule has 0 aliphatic carbocycles. The highest BCUT2D eigenvalue weighted by Gasteiger charge is 2.38. The molecule has 0 spiro atoms. The Morgan fingerprint density at radius 3 is 2.46 bits per heavy atom. The van der Waals surface area contributed by atoms with Gasteiger partial charge >= 0.3 is 6.03 Å². The average molecular weight is 698 g/mol. The first-order chi connectivity index (χ1) is 24.3. The first-order valence-electron chi connectivity index (χ1n) is 16.2. The minimum absolute atomic E-state index is 0.00836. The van der Waals surface area contributed by atoms with E-state index in [0.717, 1.165) is 5.56 Å². The van der Waals surface area contributed by atoms with Crippen molar-refractivity contribution in [2.75, 3.05) is 51.4 Å². The van der Waals surface area contributed by atoms with Gasteiger partial charge in [0.25, 0.3) is 5.91 Å². The lowest BCUT2D eigenvalue weighted by atomic mass is 10.0. The number of aromatic nitrogens is 2. The van der Waals surface area contributed by atoms with Crippen molar-refractivity contribution < 1.29 is 29.0 Å². The largest absolute Gasteiger partial charge is 0.507 e. The molecular formula is C36H36ClN7O6. The first kappa shape index (κ1) is 34.4.